The fourth-order valence-electron chi connectivity index (χ4n) is 3.21. The van der Waals surface area contributed by atoms with Crippen LogP contribution in [0, 0.1) is 0 Å². The number of hydrogen-bond donors (Lipinski definition) is 2. The summed E-state index contributed by atoms with van der Waals surface area (Å²) in [7, 11) is 1.67. The largest absolute Gasteiger partial charge is 0.496 e. The Balaban J connectivity index is 1.68. The van der Waals surface area contributed by atoms with E-state index in [0.717, 1.165) is 50.6 Å². The number of H-pyrrole nitrogens is 2. The van der Waals surface area contributed by atoms with Crippen LogP contribution in [0.4, 0.5) is 0 Å². The van der Waals surface area contributed by atoms with E-state index in [2.05, 4.69) is 15.0 Å². The fourth-order valence-corrected chi connectivity index (χ4v) is 3.21. The van der Waals surface area contributed by atoms with Crippen molar-refractivity contribution < 1.29 is 4.74 Å². The van der Waals surface area contributed by atoms with Crippen molar-refractivity contribution in [1.29, 1.82) is 0 Å². The number of methoxy groups -OCH3 is 1. The highest BCUT2D eigenvalue weighted by Crippen LogP contribution is 2.33. The Hall–Kier alpha value is -3.60. The Bertz CT molecular complexity index is 1170. The molecule has 0 aliphatic carbocycles. The second-order valence-corrected chi connectivity index (χ2v) is 6.12. The first kappa shape index (κ1) is 14.7. The van der Waals surface area contributed by atoms with E-state index in [1.165, 1.54) is 0 Å². The van der Waals surface area contributed by atoms with Crippen molar-refractivity contribution in [2.24, 2.45) is 0 Å². The molecule has 2 aromatic heterocycles. The lowest BCUT2D eigenvalue weighted by molar-refractivity contribution is 0.416. The summed E-state index contributed by atoms with van der Waals surface area (Å²) < 4.78 is 5.55. The summed E-state index contributed by atoms with van der Waals surface area (Å²) in [4.78, 5) is 16.1. The Morgan fingerprint density at radius 2 is 1.35 bits per heavy atom. The zero-order valence-corrected chi connectivity index (χ0v) is 14.2. The maximum Gasteiger partial charge on any atom is 0.142 e. The molecular weight excluding hydrogens is 324 g/mol. The number of nitrogens with one attached hydrogen (secondary N) is 2. The van der Waals surface area contributed by atoms with Crippen LogP contribution in [0.3, 0.4) is 0 Å². The standard InChI is InChI=1S/C21H16N4O/c1-26-19-11-10-13(20-22-15-6-2-3-7-16(15)23-20)12-14(19)21-24-17-8-4-5-9-18(17)25-21/h2-12H,1H3,(H,22,23)(H,24,25). The Morgan fingerprint density at radius 3 is 2.00 bits per heavy atom. The number of nitrogens with zero attached hydrogens (tertiary/aromatic N) is 2. The fraction of sp³-hybridized carbons (Fsp3) is 0.0476. The smallest absolute Gasteiger partial charge is 0.142 e. The zero-order valence-electron chi connectivity index (χ0n) is 14.2. The van der Waals surface area contributed by atoms with E-state index in [9.17, 15) is 0 Å². The van der Waals surface area contributed by atoms with Crippen LogP contribution in [0.15, 0.2) is 66.7 Å². The van der Waals surface area contributed by atoms with Crippen molar-refractivity contribution in [2.75, 3.05) is 7.11 Å². The second kappa shape index (κ2) is 5.74. The molecule has 5 heteroatoms. The van der Waals surface area contributed by atoms with Gasteiger partial charge in [-0.15, -0.1) is 0 Å². The highest BCUT2D eigenvalue weighted by Gasteiger charge is 2.14. The van der Waals surface area contributed by atoms with Gasteiger partial charge in [0.15, 0.2) is 0 Å². The minimum absolute atomic E-state index is 0.768. The highest BCUT2D eigenvalue weighted by atomic mass is 16.5. The van der Waals surface area contributed by atoms with Gasteiger partial charge in [0.25, 0.3) is 0 Å². The molecule has 0 radical (unpaired) electrons. The first-order valence-electron chi connectivity index (χ1n) is 8.40. The normalized spacial score (nSPS) is 11.3. The number of hydrogen-bond acceptors (Lipinski definition) is 3. The molecule has 2 N–H and O–H groups in total. The lowest BCUT2D eigenvalue weighted by Gasteiger charge is -2.08. The van der Waals surface area contributed by atoms with Crippen LogP contribution in [-0.2, 0) is 0 Å². The van der Waals surface area contributed by atoms with Gasteiger partial charge in [-0.05, 0) is 42.5 Å². The van der Waals surface area contributed by atoms with Gasteiger partial charge in [0.1, 0.15) is 17.4 Å². The predicted octanol–water partition coefficient (Wildman–Crippen LogP) is 4.78. The van der Waals surface area contributed by atoms with Gasteiger partial charge < -0.3 is 14.7 Å². The van der Waals surface area contributed by atoms with Crippen molar-refractivity contribution in [1.82, 2.24) is 19.9 Å². The molecule has 5 nitrogen and oxygen atoms in total. The van der Waals surface area contributed by atoms with Gasteiger partial charge in [-0.25, -0.2) is 9.97 Å². The third kappa shape index (κ3) is 2.33. The Labute approximate surface area is 149 Å². The number of benzene rings is 3. The van der Waals surface area contributed by atoms with E-state index in [-0.39, 0.29) is 0 Å². The number of rotatable bonds is 3. The molecule has 0 aliphatic rings. The molecular formula is C21H16N4O. The molecule has 0 bridgehead atoms. The van der Waals surface area contributed by atoms with Gasteiger partial charge in [0.05, 0.1) is 34.7 Å². The highest BCUT2D eigenvalue weighted by molar-refractivity contribution is 5.83. The first-order chi connectivity index (χ1) is 12.8. The number of ether oxygens (including phenoxy) is 1. The molecule has 0 saturated carbocycles. The molecule has 0 aliphatic heterocycles. The van der Waals surface area contributed by atoms with Gasteiger partial charge in [-0.1, -0.05) is 24.3 Å². The van der Waals surface area contributed by atoms with Gasteiger partial charge in [-0.2, -0.15) is 0 Å². The molecule has 0 unspecified atom stereocenters. The second-order valence-electron chi connectivity index (χ2n) is 6.12. The maximum atomic E-state index is 5.55. The van der Waals surface area contributed by atoms with Gasteiger partial charge in [-0.3, -0.25) is 0 Å². The molecule has 0 saturated heterocycles. The molecule has 5 rings (SSSR count). The van der Waals surface area contributed by atoms with E-state index >= 15 is 0 Å². The van der Waals surface area contributed by atoms with E-state index in [4.69, 9.17) is 9.72 Å². The number of fused-ring (bicyclic) bond motifs is 2. The first-order valence-corrected chi connectivity index (χ1v) is 8.40. The number of para-hydroxylation sites is 4. The molecule has 0 spiro atoms. The lowest BCUT2D eigenvalue weighted by atomic mass is 10.1. The van der Waals surface area contributed by atoms with Crippen molar-refractivity contribution in [3.8, 4) is 28.5 Å². The SMILES string of the molecule is COc1ccc(-c2nc3ccccc3[nH]2)cc1-c1nc2ccccc2[nH]1. The topological polar surface area (TPSA) is 66.6 Å². The number of aromatic amines is 2. The minimum Gasteiger partial charge on any atom is -0.496 e. The summed E-state index contributed by atoms with van der Waals surface area (Å²) in [5.74, 6) is 2.37. The average Bonchev–Trinajstić information content (AvgIpc) is 3.31. The number of imidazole rings is 2. The van der Waals surface area contributed by atoms with Crippen LogP contribution < -0.4 is 4.74 Å². The summed E-state index contributed by atoms with van der Waals surface area (Å²) >= 11 is 0. The van der Waals surface area contributed by atoms with Gasteiger partial charge in [0, 0.05) is 5.56 Å². The van der Waals surface area contributed by atoms with Crippen molar-refractivity contribution in [3.05, 3.63) is 66.7 Å². The van der Waals surface area contributed by atoms with E-state index < -0.39 is 0 Å². The zero-order chi connectivity index (χ0) is 17.5. The van der Waals surface area contributed by atoms with E-state index in [1.54, 1.807) is 7.11 Å². The average molecular weight is 340 g/mol. The summed E-state index contributed by atoms with van der Waals surface area (Å²) in [6.45, 7) is 0. The summed E-state index contributed by atoms with van der Waals surface area (Å²) in [5, 5.41) is 0. The lowest BCUT2D eigenvalue weighted by Crippen LogP contribution is -1.91. The predicted molar refractivity (Wildman–Crippen MR) is 103 cm³/mol. The Morgan fingerprint density at radius 1 is 0.731 bits per heavy atom. The summed E-state index contributed by atoms with van der Waals surface area (Å²) in [6, 6.07) is 22.0. The molecule has 2 heterocycles. The summed E-state index contributed by atoms with van der Waals surface area (Å²) in [5.41, 5.74) is 5.78. The van der Waals surface area contributed by atoms with Crippen molar-refractivity contribution in [2.45, 2.75) is 0 Å². The monoisotopic (exact) mass is 340 g/mol. The van der Waals surface area contributed by atoms with Crippen LogP contribution >= 0.6 is 0 Å². The maximum absolute atomic E-state index is 5.55. The number of aromatic nitrogens is 4. The van der Waals surface area contributed by atoms with Gasteiger partial charge >= 0.3 is 0 Å². The van der Waals surface area contributed by atoms with Crippen molar-refractivity contribution >= 4 is 22.1 Å². The molecule has 5 aromatic rings. The van der Waals surface area contributed by atoms with Crippen LogP contribution in [0.25, 0.3) is 44.8 Å². The molecule has 0 fully saturated rings. The van der Waals surface area contributed by atoms with Crippen LogP contribution in [-0.4, -0.2) is 27.0 Å². The third-order valence-corrected chi connectivity index (χ3v) is 4.51. The molecule has 3 aromatic carbocycles. The van der Waals surface area contributed by atoms with E-state index in [1.807, 2.05) is 66.7 Å². The van der Waals surface area contributed by atoms with Gasteiger partial charge in [0.2, 0.25) is 0 Å². The minimum atomic E-state index is 0.768. The molecule has 126 valence electrons. The summed E-state index contributed by atoms with van der Waals surface area (Å²) in [6.07, 6.45) is 0. The van der Waals surface area contributed by atoms with Crippen LogP contribution in [0.5, 0.6) is 5.75 Å². The third-order valence-electron chi connectivity index (χ3n) is 4.51. The molecule has 0 atom stereocenters. The van der Waals surface area contributed by atoms with Crippen LogP contribution in [0.1, 0.15) is 0 Å². The van der Waals surface area contributed by atoms with Crippen molar-refractivity contribution in [3.63, 3.8) is 0 Å². The molecule has 0 amide bonds. The quantitative estimate of drug-likeness (QED) is 0.496. The Kier molecular flexibility index (Phi) is 3.25. The molecule has 26 heavy (non-hydrogen) atoms. The van der Waals surface area contributed by atoms with Crippen LogP contribution in [0.2, 0.25) is 0 Å². The van der Waals surface area contributed by atoms with E-state index in [0.29, 0.717) is 0 Å².